The van der Waals surface area contributed by atoms with Crippen LogP contribution in [0.2, 0.25) is 0 Å². The van der Waals surface area contributed by atoms with Crippen molar-refractivity contribution in [2.24, 2.45) is 0 Å². The molecular formula is C11H10. The minimum atomic E-state index is 1.19. The Morgan fingerprint density at radius 2 is 2.09 bits per heavy atom. The Balaban J connectivity index is 2.97. The van der Waals surface area contributed by atoms with E-state index in [1.165, 1.54) is 11.1 Å². The van der Waals surface area contributed by atoms with Gasteiger partial charge in [0.1, 0.15) is 0 Å². The Hall–Kier alpha value is -1.48. The van der Waals surface area contributed by atoms with Gasteiger partial charge < -0.3 is 0 Å². The SMILES string of the molecule is C#C/C=C\c1ccccc1C. The third kappa shape index (κ3) is 1.98. The molecule has 0 radical (unpaired) electrons. The molecule has 0 nitrogen and oxygen atoms in total. The molecule has 0 fully saturated rings. The lowest BCUT2D eigenvalue weighted by Gasteiger charge is -1.96. The van der Waals surface area contributed by atoms with Gasteiger partial charge in [0.05, 0.1) is 0 Å². The van der Waals surface area contributed by atoms with Crippen molar-refractivity contribution in [2.75, 3.05) is 0 Å². The summed E-state index contributed by atoms with van der Waals surface area (Å²) in [6.45, 7) is 2.07. The fourth-order valence-electron chi connectivity index (χ4n) is 0.912. The van der Waals surface area contributed by atoms with Gasteiger partial charge in [-0.05, 0) is 30.2 Å². The molecule has 1 aromatic carbocycles. The summed E-state index contributed by atoms with van der Waals surface area (Å²) in [7, 11) is 0. The largest absolute Gasteiger partial charge is 0.115 e. The summed E-state index contributed by atoms with van der Waals surface area (Å²) in [5.41, 5.74) is 2.43. The topological polar surface area (TPSA) is 0 Å². The molecule has 0 aliphatic rings. The fraction of sp³-hybridized carbons (Fsp3) is 0.0909. The van der Waals surface area contributed by atoms with Crippen LogP contribution in [0.4, 0.5) is 0 Å². The Kier molecular flexibility index (Phi) is 2.52. The van der Waals surface area contributed by atoms with Crippen LogP contribution in [0.5, 0.6) is 0 Å². The summed E-state index contributed by atoms with van der Waals surface area (Å²) >= 11 is 0. The molecule has 0 amide bonds. The lowest BCUT2D eigenvalue weighted by molar-refractivity contribution is 1.44. The van der Waals surface area contributed by atoms with Gasteiger partial charge in [-0.25, -0.2) is 0 Å². The lowest BCUT2D eigenvalue weighted by atomic mass is 10.1. The van der Waals surface area contributed by atoms with E-state index in [0.29, 0.717) is 0 Å². The minimum absolute atomic E-state index is 1.19. The van der Waals surface area contributed by atoms with E-state index in [1.54, 1.807) is 6.08 Å². The van der Waals surface area contributed by atoms with Crippen molar-refractivity contribution in [3.8, 4) is 12.3 Å². The van der Waals surface area contributed by atoms with E-state index in [2.05, 4.69) is 18.9 Å². The van der Waals surface area contributed by atoms with Gasteiger partial charge in [-0.15, -0.1) is 6.42 Å². The number of aryl methyl sites for hydroxylation is 1. The highest BCUT2D eigenvalue weighted by Crippen LogP contribution is 2.07. The van der Waals surface area contributed by atoms with E-state index in [9.17, 15) is 0 Å². The van der Waals surface area contributed by atoms with Gasteiger partial charge in [0.25, 0.3) is 0 Å². The summed E-state index contributed by atoms with van der Waals surface area (Å²) in [4.78, 5) is 0. The molecule has 1 rings (SSSR count). The van der Waals surface area contributed by atoms with Crippen molar-refractivity contribution in [3.05, 3.63) is 41.5 Å². The van der Waals surface area contributed by atoms with Crippen molar-refractivity contribution in [1.29, 1.82) is 0 Å². The molecular weight excluding hydrogens is 132 g/mol. The third-order valence-electron chi connectivity index (χ3n) is 1.55. The van der Waals surface area contributed by atoms with Gasteiger partial charge in [0, 0.05) is 0 Å². The van der Waals surface area contributed by atoms with Gasteiger partial charge >= 0.3 is 0 Å². The Bertz CT molecular complexity index is 300. The van der Waals surface area contributed by atoms with E-state index >= 15 is 0 Å². The maximum atomic E-state index is 5.09. The second-order valence-corrected chi connectivity index (χ2v) is 2.36. The average Bonchev–Trinajstić information content (AvgIpc) is 2.03. The molecule has 0 saturated heterocycles. The molecule has 0 heterocycles. The third-order valence-corrected chi connectivity index (χ3v) is 1.55. The maximum absolute atomic E-state index is 5.09. The van der Waals surface area contributed by atoms with Crippen LogP contribution in [0.25, 0.3) is 6.08 Å². The van der Waals surface area contributed by atoms with Crippen LogP contribution in [-0.4, -0.2) is 0 Å². The van der Waals surface area contributed by atoms with E-state index in [1.807, 2.05) is 24.3 Å². The first kappa shape index (κ1) is 7.63. The Morgan fingerprint density at radius 1 is 1.36 bits per heavy atom. The maximum Gasteiger partial charge on any atom is -0.0116 e. The molecule has 0 saturated carbocycles. The minimum Gasteiger partial charge on any atom is -0.115 e. The summed E-state index contributed by atoms with van der Waals surface area (Å²) in [6, 6.07) is 8.13. The summed E-state index contributed by atoms with van der Waals surface area (Å²) in [5, 5.41) is 0. The zero-order valence-corrected chi connectivity index (χ0v) is 6.54. The highest BCUT2D eigenvalue weighted by atomic mass is 13.9. The smallest absolute Gasteiger partial charge is 0.0116 e. The first-order chi connectivity index (χ1) is 5.34. The monoisotopic (exact) mass is 142 g/mol. The van der Waals surface area contributed by atoms with Gasteiger partial charge in [-0.1, -0.05) is 30.2 Å². The standard InChI is InChI=1S/C11H10/c1-3-4-8-11-9-6-5-7-10(11)2/h1,4-9H,2H3/b8-4-. The van der Waals surface area contributed by atoms with E-state index in [-0.39, 0.29) is 0 Å². The molecule has 11 heavy (non-hydrogen) atoms. The van der Waals surface area contributed by atoms with Gasteiger partial charge in [-0.2, -0.15) is 0 Å². The van der Waals surface area contributed by atoms with Gasteiger partial charge in [-0.3, -0.25) is 0 Å². The lowest BCUT2D eigenvalue weighted by Crippen LogP contribution is -1.76. The zero-order valence-electron chi connectivity index (χ0n) is 6.54. The van der Waals surface area contributed by atoms with Crippen molar-refractivity contribution >= 4 is 6.08 Å². The van der Waals surface area contributed by atoms with Crippen LogP contribution in [0.15, 0.2) is 30.3 Å². The predicted molar refractivity (Wildman–Crippen MR) is 49.0 cm³/mol. The Labute approximate surface area is 67.6 Å². The normalized spacial score (nSPS) is 9.82. The second-order valence-electron chi connectivity index (χ2n) is 2.36. The molecule has 0 N–H and O–H groups in total. The summed E-state index contributed by atoms with van der Waals surface area (Å²) in [5.74, 6) is 2.46. The van der Waals surface area contributed by atoms with E-state index in [4.69, 9.17) is 6.42 Å². The van der Waals surface area contributed by atoms with Crippen LogP contribution in [0.3, 0.4) is 0 Å². The molecule has 0 bridgehead atoms. The summed E-state index contributed by atoms with van der Waals surface area (Å²) in [6.07, 6.45) is 8.74. The average molecular weight is 142 g/mol. The zero-order chi connectivity index (χ0) is 8.10. The number of benzene rings is 1. The van der Waals surface area contributed by atoms with Crippen LogP contribution in [-0.2, 0) is 0 Å². The quantitative estimate of drug-likeness (QED) is 0.529. The highest BCUT2D eigenvalue weighted by molar-refractivity contribution is 5.55. The van der Waals surface area contributed by atoms with Crippen LogP contribution < -0.4 is 0 Å². The molecule has 1 aromatic rings. The molecule has 0 aromatic heterocycles. The molecule has 0 spiro atoms. The second kappa shape index (κ2) is 3.63. The first-order valence-electron chi connectivity index (χ1n) is 3.53. The van der Waals surface area contributed by atoms with Crippen molar-refractivity contribution < 1.29 is 0 Å². The molecule has 0 aliphatic heterocycles. The van der Waals surface area contributed by atoms with Crippen molar-refractivity contribution in [2.45, 2.75) is 6.92 Å². The number of allylic oxidation sites excluding steroid dienone is 1. The van der Waals surface area contributed by atoms with Crippen LogP contribution in [0.1, 0.15) is 11.1 Å². The highest BCUT2D eigenvalue weighted by Gasteiger charge is 1.88. The van der Waals surface area contributed by atoms with E-state index < -0.39 is 0 Å². The van der Waals surface area contributed by atoms with E-state index in [0.717, 1.165) is 0 Å². The number of terminal acetylenes is 1. The molecule has 0 aliphatic carbocycles. The summed E-state index contributed by atoms with van der Waals surface area (Å²) < 4.78 is 0. The van der Waals surface area contributed by atoms with Gasteiger partial charge in [0.2, 0.25) is 0 Å². The Morgan fingerprint density at radius 3 is 2.73 bits per heavy atom. The molecule has 54 valence electrons. The predicted octanol–water partition coefficient (Wildman–Crippen LogP) is 2.64. The molecule has 0 heteroatoms. The van der Waals surface area contributed by atoms with Gasteiger partial charge in [0.15, 0.2) is 0 Å². The van der Waals surface area contributed by atoms with Crippen molar-refractivity contribution in [1.82, 2.24) is 0 Å². The van der Waals surface area contributed by atoms with Crippen molar-refractivity contribution in [3.63, 3.8) is 0 Å². The number of hydrogen-bond donors (Lipinski definition) is 0. The fourth-order valence-corrected chi connectivity index (χ4v) is 0.912. The number of rotatable bonds is 1. The molecule has 0 unspecified atom stereocenters. The van der Waals surface area contributed by atoms with Crippen LogP contribution >= 0.6 is 0 Å². The number of hydrogen-bond acceptors (Lipinski definition) is 0. The molecule has 0 atom stereocenters. The first-order valence-corrected chi connectivity index (χ1v) is 3.53. The van der Waals surface area contributed by atoms with Crippen LogP contribution in [0, 0.1) is 19.3 Å².